The van der Waals surface area contributed by atoms with Crippen molar-refractivity contribution in [2.24, 2.45) is 4.99 Å². The average molecular weight is 539 g/mol. The smallest absolute Gasteiger partial charge is 0.434 e. The molecule has 1 aliphatic heterocycles. The number of carbonyl (C=O) groups excluding carboxylic acids is 1. The number of nitrogens with zero attached hydrogens (tertiary/aromatic N) is 2. The Balaban J connectivity index is 2.03. The highest BCUT2D eigenvalue weighted by atomic mass is 35.5. The molecule has 0 saturated heterocycles. The van der Waals surface area contributed by atoms with Gasteiger partial charge in [-0.1, -0.05) is 41.1 Å². The lowest BCUT2D eigenvalue weighted by Gasteiger charge is -2.26. The molecule has 1 atom stereocenters. The molecule has 0 saturated carbocycles. The summed E-state index contributed by atoms with van der Waals surface area (Å²) in [5.74, 6) is -1.20. The molecule has 0 bridgehead atoms. The Kier molecular flexibility index (Phi) is 6.96. The van der Waals surface area contributed by atoms with Gasteiger partial charge in [-0.2, -0.15) is 13.2 Å². The number of hydrogen-bond acceptors (Lipinski definition) is 7. The number of phenols is 1. The van der Waals surface area contributed by atoms with E-state index in [2.05, 4.69) is 4.99 Å². The first-order valence-corrected chi connectivity index (χ1v) is 11.7. The van der Waals surface area contributed by atoms with Gasteiger partial charge in [-0.15, -0.1) is 0 Å². The molecule has 0 fully saturated rings. The van der Waals surface area contributed by atoms with Crippen molar-refractivity contribution in [2.75, 3.05) is 13.7 Å². The van der Waals surface area contributed by atoms with Gasteiger partial charge in [0, 0.05) is 5.02 Å². The summed E-state index contributed by atoms with van der Waals surface area (Å²) >= 11 is 6.70. The third-order valence-electron chi connectivity index (χ3n) is 5.28. The lowest BCUT2D eigenvalue weighted by atomic mass is 9.95. The molecule has 1 N–H and O–H groups in total. The van der Waals surface area contributed by atoms with Crippen LogP contribution in [0.25, 0.3) is 6.08 Å². The van der Waals surface area contributed by atoms with Gasteiger partial charge < -0.3 is 14.6 Å². The molecule has 2 heterocycles. The standard InChI is InChI=1S/C24H18ClF3N2O5S/c1-3-35-22(33)18-19(13-5-7-14(25)8-6-13)30-21(32)17(36-23(30)29-20(18)24(26,27)28)11-12-4-9-15(31)16(10-12)34-2/h4-11,19,31H,3H2,1-2H3/b17-11-/t19-/m1/s1. The number of aromatic nitrogens is 1. The fraction of sp³-hybridized carbons (Fsp3) is 0.208. The summed E-state index contributed by atoms with van der Waals surface area (Å²) in [5.41, 5.74) is -2.21. The van der Waals surface area contributed by atoms with Crippen molar-refractivity contribution in [1.29, 1.82) is 0 Å². The first kappa shape index (κ1) is 25.5. The highest BCUT2D eigenvalue weighted by molar-refractivity contribution is 7.07. The van der Waals surface area contributed by atoms with Crippen LogP contribution in [0.2, 0.25) is 5.02 Å². The fourth-order valence-corrected chi connectivity index (χ4v) is 4.86. The number of thiazole rings is 1. The van der Waals surface area contributed by atoms with Crippen LogP contribution in [0.5, 0.6) is 11.5 Å². The molecular weight excluding hydrogens is 521 g/mol. The zero-order valence-electron chi connectivity index (χ0n) is 18.8. The normalized spacial score (nSPS) is 15.9. The number of rotatable bonds is 5. The molecule has 7 nitrogen and oxygen atoms in total. The van der Waals surface area contributed by atoms with Crippen molar-refractivity contribution < 1.29 is 32.5 Å². The summed E-state index contributed by atoms with van der Waals surface area (Å²) in [4.78, 5) is 29.7. The monoisotopic (exact) mass is 538 g/mol. The number of alkyl halides is 3. The second kappa shape index (κ2) is 9.82. The van der Waals surface area contributed by atoms with E-state index in [-0.39, 0.29) is 33.0 Å². The molecule has 0 spiro atoms. The highest BCUT2D eigenvalue weighted by Crippen LogP contribution is 2.38. The molecule has 12 heteroatoms. The fourth-order valence-electron chi connectivity index (χ4n) is 3.74. The first-order valence-electron chi connectivity index (χ1n) is 10.5. The summed E-state index contributed by atoms with van der Waals surface area (Å²) in [6.45, 7) is 1.29. The second-order valence-electron chi connectivity index (χ2n) is 7.55. The lowest BCUT2D eigenvalue weighted by molar-refractivity contribution is -0.140. The Labute approximate surface area is 211 Å². The second-order valence-corrected chi connectivity index (χ2v) is 8.99. The largest absolute Gasteiger partial charge is 0.504 e. The van der Waals surface area contributed by atoms with E-state index in [1.165, 1.54) is 62.6 Å². The number of benzene rings is 2. The molecule has 36 heavy (non-hydrogen) atoms. The van der Waals surface area contributed by atoms with Gasteiger partial charge in [0.25, 0.3) is 5.56 Å². The molecule has 0 unspecified atom stereocenters. The van der Waals surface area contributed by atoms with E-state index >= 15 is 0 Å². The van der Waals surface area contributed by atoms with Crippen molar-refractivity contribution >= 4 is 35.0 Å². The van der Waals surface area contributed by atoms with Crippen LogP contribution in [0.3, 0.4) is 0 Å². The minimum absolute atomic E-state index is 0.0621. The van der Waals surface area contributed by atoms with Gasteiger partial charge >= 0.3 is 12.1 Å². The van der Waals surface area contributed by atoms with E-state index < -0.39 is 35.0 Å². The maximum absolute atomic E-state index is 14.1. The molecule has 4 rings (SSSR count). The van der Waals surface area contributed by atoms with Gasteiger partial charge in [0.15, 0.2) is 22.0 Å². The van der Waals surface area contributed by atoms with Crippen LogP contribution in [0.15, 0.2) is 63.5 Å². The SMILES string of the molecule is CCOC(=O)C1=C(C(F)(F)F)N=c2s/c(=C\c3ccc(O)c(OC)c3)c(=O)n2[C@@H]1c1ccc(Cl)cc1. The van der Waals surface area contributed by atoms with E-state index in [4.69, 9.17) is 21.1 Å². The van der Waals surface area contributed by atoms with Crippen LogP contribution in [0, 0.1) is 0 Å². The lowest BCUT2D eigenvalue weighted by Crippen LogP contribution is -2.41. The minimum atomic E-state index is -4.99. The number of hydrogen-bond donors (Lipinski definition) is 1. The number of phenolic OH excluding ortho intramolecular Hbond substituents is 1. The Morgan fingerprint density at radius 2 is 1.94 bits per heavy atom. The number of esters is 1. The van der Waals surface area contributed by atoms with E-state index in [0.29, 0.717) is 10.6 Å². The highest BCUT2D eigenvalue weighted by Gasteiger charge is 2.45. The van der Waals surface area contributed by atoms with Gasteiger partial charge in [0.1, 0.15) is 0 Å². The average Bonchev–Trinajstić information content (AvgIpc) is 3.14. The molecule has 1 aromatic heterocycles. The Morgan fingerprint density at radius 1 is 1.25 bits per heavy atom. The van der Waals surface area contributed by atoms with Crippen LogP contribution in [0.4, 0.5) is 13.2 Å². The Bertz CT molecular complexity index is 1540. The zero-order chi connectivity index (χ0) is 26.2. The van der Waals surface area contributed by atoms with Crippen molar-refractivity contribution in [3.05, 3.63) is 89.6 Å². The maximum Gasteiger partial charge on any atom is 0.434 e. The first-order chi connectivity index (χ1) is 17.0. The number of halogens is 4. The van der Waals surface area contributed by atoms with Crippen molar-refractivity contribution in [1.82, 2.24) is 4.57 Å². The number of ether oxygens (including phenoxy) is 2. The summed E-state index contributed by atoms with van der Waals surface area (Å²) in [6.07, 6.45) is -3.56. The molecule has 3 aromatic rings. The topological polar surface area (TPSA) is 90.1 Å². The summed E-state index contributed by atoms with van der Waals surface area (Å²) in [5, 5.41) is 10.1. The van der Waals surface area contributed by atoms with Crippen LogP contribution in [-0.2, 0) is 9.53 Å². The van der Waals surface area contributed by atoms with Crippen molar-refractivity contribution in [3.63, 3.8) is 0 Å². The van der Waals surface area contributed by atoms with Gasteiger partial charge in [-0.05, 0) is 48.4 Å². The molecule has 0 radical (unpaired) electrons. The molecule has 2 aromatic carbocycles. The summed E-state index contributed by atoms with van der Waals surface area (Å²) in [7, 11) is 1.36. The molecule has 0 aliphatic carbocycles. The van der Waals surface area contributed by atoms with Gasteiger partial charge in [-0.25, -0.2) is 9.79 Å². The number of allylic oxidation sites excluding steroid dienone is 1. The third-order valence-corrected chi connectivity index (χ3v) is 6.52. The van der Waals surface area contributed by atoms with E-state index in [0.717, 1.165) is 15.9 Å². The predicted octanol–water partition coefficient (Wildman–Crippen LogP) is 3.71. The third kappa shape index (κ3) is 4.76. The van der Waals surface area contributed by atoms with Gasteiger partial charge in [-0.3, -0.25) is 9.36 Å². The Morgan fingerprint density at radius 3 is 2.56 bits per heavy atom. The van der Waals surface area contributed by atoms with Crippen LogP contribution >= 0.6 is 22.9 Å². The Hall–Kier alpha value is -3.57. The van der Waals surface area contributed by atoms with Gasteiger partial charge in [0.2, 0.25) is 0 Å². The van der Waals surface area contributed by atoms with E-state index in [1.54, 1.807) is 0 Å². The zero-order valence-corrected chi connectivity index (χ0v) is 20.4. The van der Waals surface area contributed by atoms with Crippen molar-refractivity contribution in [2.45, 2.75) is 19.1 Å². The summed E-state index contributed by atoms with van der Waals surface area (Å²) < 4.78 is 53.4. The van der Waals surface area contributed by atoms with Crippen LogP contribution < -0.4 is 19.6 Å². The van der Waals surface area contributed by atoms with Crippen molar-refractivity contribution in [3.8, 4) is 11.5 Å². The van der Waals surface area contributed by atoms with Crippen LogP contribution in [-0.4, -0.2) is 35.5 Å². The predicted molar refractivity (Wildman–Crippen MR) is 127 cm³/mol. The quantitative estimate of drug-likeness (QED) is 0.500. The summed E-state index contributed by atoms with van der Waals surface area (Å²) in [6, 6.07) is 8.66. The molecule has 1 aliphatic rings. The number of fused-ring (bicyclic) bond motifs is 1. The van der Waals surface area contributed by atoms with E-state index in [1.807, 2.05) is 0 Å². The van der Waals surface area contributed by atoms with Crippen LogP contribution in [0.1, 0.15) is 24.1 Å². The molecular formula is C24H18ClF3N2O5S. The minimum Gasteiger partial charge on any atom is -0.504 e. The van der Waals surface area contributed by atoms with E-state index in [9.17, 15) is 27.9 Å². The molecule has 0 amide bonds. The number of aromatic hydroxyl groups is 1. The maximum atomic E-state index is 14.1. The molecule has 188 valence electrons. The number of carbonyl (C=O) groups is 1. The van der Waals surface area contributed by atoms with Gasteiger partial charge in [0.05, 0.1) is 29.9 Å². The number of methoxy groups -OCH3 is 1.